The molecule has 1 heterocycles. The van der Waals surface area contributed by atoms with Crippen LogP contribution in [0.3, 0.4) is 0 Å². The summed E-state index contributed by atoms with van der Waals surface area (Å²) < 4.78 is 14.6. The van der Waals surface area contributed by atoms with Gasteiger partial charge < -0.3 is 5.32 Å². The Hall–Kier alpha value is -2.50. The van der Waals surface area contributed by atoms with Gasteiger partial charge in [-0.3, -0.25) is 9.59 Å². The topological polar surface area (TPSA) is 64.0 Å². The van der Waals surface area contributed by atoms with Crippen LogP contribution in [0, 0.1) is 5.82 Å². The summed E-state index contributed by atoms with van der Waals surface area (Å²) in [6.45, 7) is 2.09. The lowest BCUT2D eigenvalue weighted by Gasteiger charge is -2.16. The van der Waals surface area contributed by atoms with Crippen molar-refractivity contribution < 1.29 is 9.18 Å². The molecular weight excluding hydrogens is 321 g/mol. The molecule has 132 valence electrons. The Morgan fingerprint density at radius 1 is 1.28 bits per heavy atom. The Balaban J connectivity index is 1.70. The van der Waals surface area contributed by atoms with Crippen LogP contribution < -0.4 is 10.9 Å². The van der Waals surface area contributed by atoms with Gasteiger partial charge in [-0.1, -0.05) is 12.5 Å². The van der Waals surface area contributed by atoms with Crippen LogP contribution >= 0.6 is 0 Å². The monoisotopic (exact) mass is 343 g/mol. The van der Waals surface area contributed by atoms with Crippen molar-refractivity contribution in [1.82, 2.24) is 15.1 Å². The summed E-state index contributed by atoms with van der Waals surface area (Å²) in [5.41, 5.74) is 2.15. The van der Waals surface area contributed by atoms with Gasteiger partial charge in [0.2, 0.25) is 0 Å². The summed E-state index contributed by atoms with van der Waals surface area (Å²) in [5.74, 6) is -0.821. The van der Waals surface area contributed by atoms with Gasteiger partial charge in [0.1, 0.15) is 5.82 Å². The van der Waals surface area contributed by atoms with Crippen LogP contribution in [-0.4, -0.2) is 21.7 Å². The number of carbonyl (C=O) groups excluding carboxylic acids is 1. The molecule has 1 aromatic carbocycles. The summed E-state index contributed by atoms with van der Waals surface area (Å²) in [6.07, 6.45) is 5.14. The number of halogens is 1. The molecule has 0 saturated carbocycles. The predicted octanol–water partition coefficient (Wildman–Crippen LogP) is 2.47. The molecule has 1 aliphatic carbocycles. The van der Waals surface area contributed by atoms with E-state index in [-0.39, 0.29) is 29.6 Å². The molecule has 6 heteroatoms. The fraction of sp³-hybridized carbons (Fsp3) is 0.421. The van der Waals surface area contributed by atoms with Crippen molar-refractivity contribution in [3.63, 3.8) is 0 Å². The van der Waals surface area contributed by atoms with Crippen molar-refractivity contribution in [3.8, 4) is 0 Å². The molecule has 1 N–H and O–H groups in total. The van der Waals surface area contributed by atoms with E-state index in [1.54, 1.807) is 19.1 Å². The zero-order valence-corrected chi connectivity index (χ0v) is 14.3. The standard InChI is InChI=1S/C19H22FN3O2/c1-13(21-19(25)15-7-5-8-16(20)10-15)12-23-18(24)11-14-6-3-2-4-9-17(14)22-23/h5,7-8,10-11,13H,2-4,6,9,12H2,1H3,(H,21,25)/t13-/m0/s1. The fourth-order valence-corrected chi connectivity index (χ4v) is 3.15. The minimum absolute atomic E-state index is 0.146. The minimum Gasteiger partial charge on any atom is -0.348 e. The first-order chi connectivity index (χ1) is 12.0. The number of hydrogen-bond donors (Lipinski definition) is 1. The molecule has 3 rings (SSSR count). The van der Waals surface area contributed by atoms with Gasteiger partial charge in [0.05, 0.1) is 12.2 Å². The third-order valence-corrected chi connectivity index (χ3v) is 4.43. The molecule has 1 aliphatic rings. The first-order valence-corrected chi connectivity index (χ1v) is 8.69. The van der Waals surface area contributed by atoms with E-state index in [2.05, 4.69) is 10.4 Å². The summed E-state index contributed by atoms with van der Waals surface area (Å²) in [6, 6.07) is 6.90. The van der Waals surface area contributed by atoms with Crippen LogP contribution in [-0.2, 0) is 19.4 Å². The maximum absolute atomic E-state index is 13.2. The number of nitrogens with one attached hydrogen (secondary N) is 1. The molecule has 1 atom stereocenters. The van der Waals surface area contributed by atoms with Gasteiger partial charge in [0.15, 0.2) is 0 Å². The van der Waals surface area contributed by atoms with Crippen molar-refractivity contribution in [2.24, 2.45) is 0 Å². The van der Waals surface area contributed by atoms with Gasteiger partial charge in [-0.25, -0.2) is 9.07 Å². The van der Waals surface area contributed by atoms with E-state index in [1.165, 1.54) is 22.9 Å². The highest BCUT2D eigenvalue weighted by Crippen LogP contribution is 2.16. The maximum atomic E-state index is 13.2. The highest BCUT2D eigenvalue weighted by molar-refractivity contribution is 5.94. The minimum atomic E-state index is -0.455. The Bertz CT molecular complexity index is 832. The van der Waals surface area contributed by atoms with E-state index >= 15 is 0 Å². The molecule has 5 nitrogen and oxygen atoms in total. The third-order valence-electron chi connectivity index (χ3n) is 4.43. The van der Waals surface area contributed by atoms with E-state index in [0.717, 1.165) is 43.4 Å². The SMILES string of the molecule is C[C@@H](Cn1nc2c(cc1=O)CCCCC2)NC(=O)c1cccc(F)c1. The average Bonchev–Trinajstić information content (AvgIpc) is 2.80. The zero-order valence-electron chi connectivity index (χ0n) is 14.3. The van der Waals surface area contributed by atoms with E-state index in [0.29, 0.717) is 0 Å². The summed E-state index contributed by atoms with van der Waals surface area (Å²) in [4.78, 5) is 24.5. The van der Waals surface area contributed by atoms with Gasteiger partial charge in [0, 0.05) is 17.7 Å². The lowest BCUT2D eigenvalue weighted by molar-refractivity contribution is 0.0935. The molecule has 0 saturated heterocycles. The second-order valence-corrected chi connectivity index (χ2v) is 6.58. The smallest absolute Gasteiger partial charge is 0.267 e. The molecule has 1 amide bonds. The van der Waals surface area contributed by atoms with Crippen LogP contribution in [0.25, 0.3) is 0 Å². The zero-order chi connectivity index (χ0) is 17.8. The second kappa shape index (κ2) is 7.59. The quantitative estimate of drug-likeness (QED) is 0.868. The van der Waals surface area contributed by atoms with Crippen molar-refractivity contribution in [2.75, 3.05) is 0 Å². The Labute approximate surface area is 145 Å². The van der Waals surface area contributed by atoms with Gasteiger partial charge in [-0.05, 0) is 56.4 Å². The van der Waals surface area contributed by atoms with Gasteiger partial charge in [-0.15, -0.1) is 0 Å². The Morgan fingerprint density at radius 3 is 2.88 bits per heavy atom. The lowest BCUT2D eigenvalue weighted by atomic mass is 10.1. The number of benzene rings is 1. The fourth-order valence-electron chi connectivity index (χ4n) is 3.15. The van der Waals surface area contributed by atoms with Crippen LogP contribution in [0.1, 0.15) is 47.8 Å². The van der Waals surface area contributed by atoms with E-state index in [1.807, 2.05) is 0 Å². The Morgan fingerprint density at radius 2 is 2.08 bits per heavy atom. The van der Waals surface area contributed by atoms with Crippen LogP contribution in [0.5, 0.6) is 0 Å². The molecule has 0 unspecified atom stereocenters. The van der Waals surface area contributed by atoms with Gasteiger partial charge in [0.25, 0.3) is 11.5 Å². The summed E-state index contributed by atoms with van der Waals surface area (Å²) in [5, 5.41) is 7.29. The number of hydrogen-bond acceptors (Lipinski definition) is 3. The lowest BCUT2D eigenvalue weighted by Crippen LogP contribution is -2.39. The van der Waals surface area contributed by atoms with Gasteiger partial charge >= 0.3 is 0 Å². The first-order valence-electron chi connectivity index (χ1n) is 8.69. The van der Waals surface area contributed by atoms with Crippen LogP contribution in [0.4, 0.5) is 4.39 Å². The molecule has 2 aromatic rings. The molecular formula is C19H22FN3O2. The maximum Gasteiger partial charge on any atom is 0.267 e. The predicted molar refractivity (Wildman–Crippen MR) is 93.1 cm³/mol. The van der Waals surface area contributed by atoms with E-state index < -0.39 is 5.82 Å². The second-order valence-electron chi connectivity index (χ2n) is 6.58. The van der Waals surface area contributed by atoms with Gasteiger partial charge in [-0.2, -0.15) is 5.10 Å². The molecule has 0 bridgehead atoms. The van der Waals surface area contributed by atoms with Crippen molar-refractivity contribution in [3.05, 3.63) is 63.3 Å². The van der Waals surface area contributed by atoms with Crippen molar-refractivity contribution in [1.29, 1.82) is 0 Å². The third kappa shape index (κ3) is 4.32. The Kier molecular flexibility index (Phi) is 5.26. The highest BCUT2D eigenvalue weighted by Gasteiger charge is 2.15. The normalized spacial score (nSPS) is 15.1. The number of aryl methyl sites for hydroxylation is 2. The van der Waals surface area contributed by atoms with Crippen molar-refractivity contribution in [2.45, 2.75) is 51.6 Å². The number of nitrogens with zero attached hydrogens (tertiary/aromatic N) is 2. The number of amides is 1. The van der Waals surface area contributed by atoms with E-state index in [4.69, 9.17) is 0 Å². The largest absolute Gasteiger partial charge is 0.348 e. The van der Waals surface area contributed by atoms with Crippen LogP contribution in [0.2, 0.25) is 0 Å². The number of fused-ring (bicyclic) bond motifs is 1. The molecule has 1 aromatic heterocycles. The summed E-state index contributed by atoms with van der Waals surface area (Å²) in [7, 11) is 0. The summed E-state index contributed by atoms with van der Waals surface area (Å²) >= 11 is 0. The number of aromatic nitrogens is 2. The van der Waals surface area contributed by atoms with Crippen molar-refractivity contribution >= 4 is 5.91 Å². The molecule has 25 heavy (non-hydrogen) atoms. The molecule has 0 aliphatic heterocycles. The van der Waals surface area contributed by atoms with E-state index in [9.17, 15) is 14.0 Å². The number of rotatable bonds is 4. The average molecular weight is 343 g/mol. The molecule has 0 spiro atoms. The van der Waals surface area contributed by atoms with Crippen LogP contribution in [0.15, 0.2) is 35.1 Å². The molecule has 0 radical (unpaired) electrons. The highest BCUT2D eigenvalue weighted by atomic mass is 19.1. The number of carbonyl (C=O) groups is 1. The first kappa shape index (κ1) is 17.3. The molecule has 0 fully saturated rings.